The van der Waals surface area contributed by atoms with Crippen molar-refractivity contribution in [1.29, 1.82) is 0 Å². The number of hydrogen-bond acceptors (Lipinski definition) is 4. The number of rotatable bonds is 4. The van der Waals surface area contributed by atoms with E-state index in [1.54, 1.807) is 13.0 Å². The predicted octanol–water partition coefficient (Wildman–Crippen LogP) is 2.06. The van der Waals surface area contributed by atoms with Crippen LogP contribution in [0.2, 0.25) is 0 Å². The van der Waals surface area contributed by atoms with E-state index in [0.29, 0.717) is 18.4 Å². The molecule has 0 bridgehead atoms. The molecule has 2 rings (SSSR count). The van der Waals surface area contributed by atoms with E-state index in [1.165, 1.54) is 18.2 Å². The Hall–Kier alpha value is -1.43. The maximum Gasteiger partial charge on any atom is 0.269 e. The van der Waals surface area contributed by atoms with Gasteiger partial charge in [-0.3, -0.25) is 10.1 Å². The molecule has 0 unspecified atom stereocenters. The Morgan fingerprint density at radius 1 is 1.41 bits per heavy atom. The highest BCUT2D eigenvalue weighted by molar-refractivity contribution is 7.92. The van der Waals surface area contributed by atoms with E-state index >= 15 is 0 Å². The monoisotopic (exact) mass is 255 g/mol. The minimum absolute atomic E-state index is 0.0707. The van der Waals surface area contributed by atoms with E-state index < -0.39 is 19.5 Å². The third kappa shape index (κ3) is 2.31. The fourth-order valence-electron chi connectivity index (χ4n) is 1.64. The Balaban J connectivity index is 2.25. The molecule has 0 radical (unpaired) electrons. The molecule has 1 aliphatic rings. The fraction of sp³-hybridized carbons (Fsp3) is 0.455. The predicted molar refractivity (Wildman–Crippen MR) is 63.4 cm³/mol. The zero-order valence-corrected chi connectivity index (χ0v) is 10.2. The topological polar surface area (TPSA) is 77.3 Å². The van der Waals surface area contributed by atoms with Crippen molar-refractivity contribution in [2.24, 2.45) is 0 Å². The normalized spacial score (nSPS) is 17.7. The minimum atomic E-state index is -3.20. The van der Waals surface area contributed by atoms with Crippen molar-refractivity contribution < 1.29 is 13.3 Å². The first-order valence-corrected chi connectivity index (χ1v) is 6.95. The van der Waals surface area contributed by atoms with E-state index in [9.17, 15) is 18.5 Å². The maximum atomic E-state index is 12.0. The summed E-state index contributed by atoms with van der Waals surface area (Å²) in [6, 6.07) is 5.80. The third-order valence-electron chi connectivity index (χ3n) is 3.18. The molecular weight excluding hydrogens is 242 g/mol. The largest absolute Gasteiger partial charge is 0.269 e. The average molecular weight is 255 g/mol. The Kier molecular flexibility index (Phi) is 2.69. The van der Waals surface area contributed by atoms with Crippen LogP contribution in [0.3, 0.4) is 0 Å². The second-order valence-electron chi connectivity index (χ2n) is 4.64. The lowest BCUT2D eigenvalue weighted by Gasteiger charge is -2.10. The Bertz CT molecular complexity index is 561. The smallest absolute Gasteiger partial charge is 0.258 e. The van der Waals surface area contributed by atoms with Crippen LogP contribution in [-0.2, 0) is 15.6 Å². The molecule has 92 valence electrons. The number of nitro benzene ring substituents is 1. The summed E-state index contributed by atoms with van der Waals surface area (Å²) >= 11 is 0. The summed E-state index contributed by atoms with van der Waals surface area (Å²) in [5, 5.41) is 10.6. The van der Waals surface area contributed by atoms with Gasteiger partial charge in [0.2, 0.25) is 0 Å². The van der Waals surface area contributed by atoms with Crippen molar-refractivity contribution in [2.45, 2.75) is 30.3 Å². The highest BCUT2D eigenvalue weighted by atomic mass is 32.2. The molecule has 0 N–H and O–H groups in total. The highest BCUT2D eigenvalue weighted by Crippen LogP contribution is 2.44. The minimum Gasteiger partial charge on any atom is -0.258 e. The summed E-state index contributed by atoms with van der Waals surface area (Å²) in [4.78, 5) is 10.1. The van der Waals surface area contributed by atoms with Gasteiger partial charge < -0.3 is 0 Å². The molecule has 5 nitrogen and oxygen atoms in total. The van der Waals surface area contributed by atoms with Gasteiger partial charge in [0.15, 0.2) is 9.84 Å². The SMILES string of the molecule is CC1(S(=O)(=O)Cc2cccc([N+](=O)[O-])c2)CC1. The van der Waals surface area contributed by atoms with Crippen LogP contribution < -0.4 is 0 Å². The van der Waals surface area contributed by atoms with Crippen molar-refractivity contribution in [3.8, 4) is 0 Å². The molecule has 1 fully saturated rings. The zero-order chi connectivity index (χ0) is 12.7. The molecule has 0 saturated heterocycles. The van der Waals surface area contributed by atoms with Gasteiger partial charge in [0.25, 0.3) is 5.69 Å². The lowest BCUT2D eigenvalue weighted by molar-refractivity contribution is -0.384. The quantitative estimate of drug-likeness (QED) is 0.609. The zero-order valence-electron chi connectivity index (χ0n) is 9.42. The summed E-state index contributed by atoms with van der Waals surface area (Å²) in [6.07, 6.45) is 1.37. The Morgan fingerprint density at radius 3 is 2.59 bits per heavy atom. The summed E-state index contributed by atoms with van der Waals surface area (Å²) in [7, 11) is -3.20. The van der Waals surface area contributed by atoms with E-state index in [0.717, 1.165) is 0 Å². The molecule has 1 aromatic carbocycles. The van der Waals surface area contributed by atoms with Gasteiger partial charge >= 0.3 is 0 Å². The second-order valence-corrected chi connectivity index (χ2v) is 7.14. The molecule has 0 aliphatic heterocycles. The van der Waals surface area contributed by atoms with E-state index in [-0.39, 0.29) is 11.4 Å². The van der Waals surface area contributed by atoms with Crippen LogP contribution in [0.1, 0.15) is 25.3 Å². The van der Waals surface area contributed by atoms with Gasteiger partial charge in [0.1, 0.15) is 0 Å². The van der Waals surface area contributed by atoms with E-state index in [4.69, 9.17) is 0 Å². The maximum absolute atomic E-state index is 12.0. The highest BCUT2D eigenvalue weighted by Gasteiger charge is 2.49. The number of nitro groups is 1. The lowest BCUT2D eigenvalue weighted by atomic mass is 10.2. The van der Waals surface area contributed by atoms with Gasteiger partial charge in [-0.05, 0) is 25.3 Å². The van der Waals surface area contributed by atoms with E-state index in [2.05, 4.69) is 0 Å². The molecule has 17 heavy (non-hydrogen) atoms. The number of hydrogen-bond donors (Lipinski definition) is 0. The summed E-state index contributed by atoms with van der Waals surface area (Å²) < 4.78 is 23.4. The first-order valence-electron chi connectivity index (χ1n) is 5.30. The number of nitrogens with zero attached hydrogens (tertiary/aromatic N) is 1. The van der Waals surface area contributed by atoms with Crippen molar-refractivity contribution in [3.63, 3.8) is 0 Å². The van der Waals surface area contributed by atoms with Crippen LogP contribution in [0.25, 0.3) is 0 Å². The van der Waals surface area contributed by atoms with Crippen molar-refractivity contribution in [3.05, 3.63) is 39.9 Å². The standard InChI is InChI=1S/C11H13NO4S/c1-11(5-6-11)17(15,16)8-9-3-2-4-10(7-9)12(13)14/h2-4,7H,5-6,8H2,1H3. The third-order valence-corrected chi connectivity index (χ3v) is 5.81. The molecule has 0 aromatic heterocycles. The van der Waals surface area contributed by atoms with Crippen LogP contribution in [0.4, 0.5) is 5.69 Å². The first-order chi connectivity index (χ1) is 7.84. The molecule has 1 aromatic rings. The van der Waals surface area contributed by atoms with Gasteiger partial charge in [-0.15, -0.1) is 0 Å². The molecule has 0 spiro atoms. The molecule has 0 amide bonds. The molecular formula is C11H13NO4S. The van der Waals surface area contributed by atoms with Gasteiger partial charge in [0.05, 0.1) is 15.4 Å². The van der Waals surface area contributed by atoms with Crippen LogP contribution >= 0.6 is 0 Å². The van der Waals surface area contributed by atoms with Crippen molar-refractivity contribution in [1.82, 2.24) is 0 Å². The summed E-state index contributed by atoms with van der Waals surface area (Å²) in [5.41, 5.74) is 0.408. The first kappa shape index (κ1) is 12.0. The molecule has 0 atom stereocenters. The average Bonchev–Trinajstić information content (AvgIpc) is 2.98. The summed E-state index contributed by atoms with van der Waals surface area (Å²) in [6.45, 7) is 1.72. The Labute approximate surface area is 99.5 Å². The van der Waals surface area contributed by atoms with E-state index in [1.807, 2.05) is 0 Å². The van der Waals surface area contributed by atoms with Crippen LogP contribution in [0.15, 0.2) is 24.3 Å². The van der Waals surface area contributed by atoms with Gasteiger partial charge in [-0.25, -0.2) is 8.42 Å². The van der Waals surface area contributed by atoms with Crippen LogP contribution in [0, 0.1) is 10.1 Å². The van der Waals surface area contributed by atoms with Crippen LogP contribution in [0.5, 0.6) is 0 Å². The lowest BCUT2D eigenvalue weighted by Crippen LogP contribution is -2.20. The molecule has 0 heterocycles. The molecule has 6 heteroatoms. The Morgan fingerprint density at radius 2 is 2.06 bits per heavy atom. The van der Waals surface area contributed by atoms with Crippen molar-refractivity contribution >= 4 is 15.5 Å². The van der Waals surface area contributed by atoms with Gasteiger partial charge in [-0.2, -0.15) is 0 Å². The second kappa shape index (κ2) is 3.80. The van der Waals surface area contributed by atoms with Crippen LogP contribution in [-0.4, -0.2) is 18.1 Å². The molecule has 1 aliphatic carbocycles. The number of benzene rings is 1. The van der Waals surface area contributed by atoms with Gasteiger partial charge in [-0.1, -0.05) is 12.1 Å². The fourth-order valence-corrected chi connectivity index (χ4v) is 3.33. The van der Waals surface area contributed by atoms with Crippen molar-refractivity contribution in [2.75, 3.05) is 0 Å². The summed E-state index contributed by atoms with van der Waals surface area (Å²) in [5.74, 6) is -0.120. The molecule has 1 saturated carbocycles. The number of sulfone groups is 1. The van der Waals surface area contributed by atoms with Gasteiger partial charge in [0, 0.05) is 12.1 Å². The number of non-ortho nitro benzene ring substituents is 1.